The van der Waals surface area contributed by atoms with Crippen LogP contribution in [0.3, 0.4) is 0 Å². The number of halogens is 1. The first-order chi connectivity index (χ1) is 12.5. The lowest BCUT2D eigenvalue weighted by molar-refractivity contribution is -0.0587. The maximum atomic E-state index is 12.6. The molecule has 0 saturated carbocycles. The number of hydrogen-bond acceptors (Lipinski definition) is 5. The second-order valence-electron chi connectivity index (χ2n) is 6.33. The van der Waals surface area contributed by atoms with E-state index in [0.717, 1.165) is 0 Å². The Morgan fingerprint density at radius 3 is 2.73 bits per heavy atom. The second-order valence-corrected chi connectivity index (χ2v) is 6.74. The number of aromatic amines is 1. The van der Waals surface area contributed by atoms with Gasteiger partial charge >= 0.3 is 0 Å². The molecule has 26 heavy (non-hydrogen) atoms. The molecule has 3 rings (SSSR count). The van der Waals surface area contributed by atoms with Crippen molar-refractivity contribution in [2.24, 2.45) is 0 Å². The van der Waals surface area contributed by atoms with E-state index in [2.05, 4.69) is 10.2 Å². The van der Waals surface area contributed by atoms with E-state index in [1.54, 1.807) is 36.3 Å². The Hall–Kier alpha value is -2.25. The Bertz CT molecular complexity index is 770. The zero-order valence-electron chi connectivity index (χ0n) is 15.0. The fourth-order valence-electron chi connectivity index (χ4n) is 2.93. The van der Waals surface area contributed by atoms with E-state index in [-0.39, 0.29) is 24.7 Å². The topological polar surface area (TPSA) is 76.7 Å². The molecule has 1 aliphatic rings. The summed E-state index contributed by atoms with van der Waals surface area (Å²) in [5.41, 5.74) is 1.06. The van der Waals surface area contributed by atoms with Crippen LogP contribution in [0.25, 0.3) is 0 Å². The molecule has 7 nitrogen and oxygen atoms in total. The fraction of sp³-hybridized carbons (Fsp3) is 0.444. The van der Waals surface area contributed by atoms with Gasteiger partial charge in [0.2, 0.25) is 0 Å². The zero-order chi connectivity index (χ0) is 18.7. The number of carbonyl (C=O) groups excluding carboxylic acids is 1. The van der Waals surface area contributed by atoms with E-state index < -0.39 is 0 Å². The van der Waals surface area contributed by atoms with Crippen LogP contribution in [-0.4, -0.2) is 53.4 Å². The Balaban J connectivity index is 1.62. The van der Waals surface area contributed by atoms with Crippen LogP contribution in [0.2, 0.25) is 5.02 Å². The van der Waals surface area contributed by atoms with Crippen molar-refractivity contribution < 1.29 is 19.0 Å². The van der Waals surface area contributed by atoms with Gasteiger partial charge in [0.25, 0.3) is 5.91 Å². The minimum Gasteiger partial charge on any atom is -0.497 e. The lowest BCUT2D eigenvalue weighted by Crippen LogP contribution is -2.48. The number of rotatable bonds is 5. The lowest BCUT2D eigenvalue weighted by Gasteiger charge is -2.34. The van der Waals surface area contributed by atoms with Gasteiger partial charge in [-0.15, -0.1) is 0 Å². The molecule has 8 heteroatoms. The Labute approximate surface area is 157 Å². The van der Waals surface area contributed by atoms with Crippen molar-refractivity contribution in [3.8, 4) is 11.5 Å². The lowest BCUT2D eigenvalue weighted by atomic mass is 10.2. The highest BCUT2D eigenvalue weighted by Crippen LogP contribution is 2.29. The summed E-state index contributed by atoms with van der Waals surface area (Å²) in [5.74, 6) is 1.08. The number of nitrogens with one attached hydrogen (secondary N) is 1. The van der Waals surface area contributed by atoms with Gasteiger partial charge in [-0.05, 0) is 32.0 Å². The first kappa shape index (κ1) is 18.5. The highest BCUT2D eigenvalue weighted by atomic mass is 35.5. The number of benzene rings is 1. The zero-order valence-corrected chi connectivity index (χ0v) is 15.7. The Morgan fingerprint density at radius 2 is 2.08 bits per heavy atom. The molecule has 1 aromatic heterocycles. The van der Waals surface area contributed by atoms with Crippen molar-refractivity contribution in [2.75, 3.05) is 20.2 Å². The van der Waals surface area contributed by atoms with Gasteiger partial charge in [-0.2, -0.15) is 5.10 Å². The van der Waals surface area contributed by atoms with E-state index >= 15 is 0 Å². The third-order valence-corrected chi connectivity index (χ3v) is 4.37. The van der Waals surface area contributed by atoms with Crippen molar-refractivity contribution in [1.29, 1.82) is 0 Å². The van der Waals surface area contributed by atoms with Gasteiger partial charge in [0, 0.05) is 19.2 Å². The molecule has 2 atom stereocenters. The van der Waals surface area contributed by atoms with Gasteiger partial charge in [-0.1, -0.05) is 11.6 Å². The van der Waals surface area contributed by atoms with E-state index in [1.165, 1.54) is 0 Å². The van der Waals surface area contributed by atoms with Crippen LogP contribution in [-0.2, 0) is 11.3 Å². The highest BCUT2D eigenvalue weighted by molar-refractivity contribution is 6.32. The van der Waals surface area contributed by atoms with Crippen molar-refractivity contribution in [3.05, 3.63) is 40.7 Å². The molecule has 0 aliphatic carbocycles. The van der Waals surface area contributed by atoms with Crippen LogP contribution in [0.5, 0.6) is 11.5 Å². The molecule has 0 bridgehead atoms. The first-order valence-corrected chi connectivity index (χ1v) is 8.79. The fourth-order valence-corrected chi connectivity index (χ4v) is 3.16. The molecule has 140 valence electrons. The average Bonchev–Trinajstić information content (AvgIpc) is 3.08. The maximum absolute atomic E-state index is 12.6. The third kappa shape index (κ3) is 4.28. The summed E-state index contributed by atoms with van der Waals surface area (Å²) >= 11 is 6.16. The molecule has 1 fully saturated rings. The summed E-state index contributed by atoms with van der Waals surface area (Å²) in [5, 5.41) is 7.41. The molecular weight excluding hydrogens is 358 g/mol. The number of nitrogens with zero attached hydrogens (tertiary/aromatic N) is 2. The minimum absolute atomic E-state index is 0.0154. The van der Waals surface area contributed by atoms with Gasteiger partial charge in [-0.25, -0.2) is 0 Å². The second kappa shape index (κ2) is 7.97. The van der Waals surface area contributed by atoms with Gasteiger partial charge in [-0.3, -0.25) is 9.89 Å². The number of morpholine rings is 1. The average molecular weight is 380 g/mol. The summed E-state index contributed by atoms with van der Waals surface area (Å²) in [6.07, 6.45) is 0.0309. The van der Waals surface area contributed by atoms with Gasteiger partial charge < -0.3 is 19.1 Å². The molecule has 1 amide bonds. The van der Waals surface area contributed by atoms with Crippen molar-refractivity contribution >= 4 is 17.5 Å². The smallest absolute Gasteiger partial charge is 0.274 e. The quantitative estimate of drug-likeness (QED) is 0.864. The van der Waals surface area contributed by atoms with Crippen LogP contribution >= 0.6 is 11.6 Å². The predicted octanol–water partition coefficient (Wildman–Crippen LogP) is 2.90. The molecule has 0 radical (unpaired) electrons. The van der Waals surface area contributed by atoms with Crippen LogP contribution in [0.4, 0.5) is 0 Å². The molecule has 2 aromatic rings. The largest absolute Gasteiger partial charge is 0.497 e. The number of H-pyrrole nitrogens is 1. The molecule has 1 aliphatic heterocycles. The van der Waals surface area contributed by atoms with Crippen molar-refractivity contribution in [2.45, 2.75) is 32.7 Å². The monoisotopic (exact) mass is 379 g/mol. The summed E-state index contributed by atoms with van der Waals surface area (Å²) in [4.78, 5) is 14.4. The van der Waals surface area contributed by atoms with E-state index in [0.29, 0.717) is 41.0 Å². The minimum atomic E-state index is -0.114. The number of aromatic nitrogens is 2. The summed E-state index contributed by atoms with van der Waals surface area (Å²) < 4.78 is 16.5. The number of methoxy groups -OCH3 is 1. The summed E-state index contributed by atoms with van der Waals surface area (Å²) in [6, 6.07) is 6.88. The Kier molecular flexibility index (Phi) is 5.68. The van der Waals surface area contributed by atoms with Gasteiger partial charge in [0.05, 0.1) is 30.0 Å². The van der Waals surface area contributed by atoms with Crippen molar-refractivity contribution in [1.82, 2.24) is 15.1 Å². The highest BCUT2D eigenvalue weighted by Gasteiger charge is 2.27. The molecule has 1 aromatic carbocycles. The van der Waals surface area contributed by atoms with Crippen LogP contribution in [0, 0.1) is 0 Å². The molecular formula is C18H22ClN3O4. The molecule has 0 unspecified atom stereocenters. The van der Waals surface area contributed by atoms with E-state index in [1.807, 2.05) is 13.8 Å². The number of ether oxygens (including phenoxy) is 3. The number of amides is 1. The van der Waals surface area contributed by atoms with Gasteiger partial charge in [0.15, 0.2) is 5.69 Å². The van der Waals surface area contributed by atoms with E-state index in [4.69, 9.17) is 25.8 Å². The van der Waals surface area contributed by atoms with Crippen LogP contribution in [0.1, 0.15) is 30.0 Å². The number of carbonyl (C=O) groups is 1. The normalized spacial score (nSPS) is 20.1. The third-order valence-electron chi connectivity index (χ3n) is 4.08. The molecule has 1 N–H and O–H groups in total. The SMILES string of the molecule is COc1ccc(OCc2cc(C(=O)N3C[C@@H](C)O[C@@H](C)C3)n[nH]2)c(Cl)c1. The number of hydrogen-bond donors (Lipinski definition) is 1. The molecule has 1 saturated heterocycles. The standard InChI is InChI=1S/C18H22ClN3O4/c1-11-8-22(9-12(2)26-11)18(23)16-6-13(20-21-16)10-25-17-5-4-14(24-3)7-15(17)19/h4-7,11-12H,8-10H2,1-3H3,(H,20,21)/t11-,12+. The van der Waals surface area contributed by atoms with Crippen LogP contribution in [0.15, 0.2) is 24.3 Å². The van der Waals surface area contributed by atoms with Gasteiger partial charge in [0.1, 0.15) is 18.1 Å². The van der Waals surface area contributed by atoms with E-state index in [9.17, 15) is 4.79 Å². The van der Waals surface area contributed by atoms with Crippen molar-refractivity contribution in [3.63, 3.8) is 0 Å². The predicted molar refractivity (Wildman–Crippen MR) is 96.8 cm³/mol. The Morgan fingerprint density at radius 1 is 1.35 bits per heavy atom. The summed E-state index contributed by atoms with van der Waals surface area (Å²) in [7, 11) is 1.57. The maximum Gasteiger partial charge on any atom is 0.274 e. The molecule has 0 spiro atoms. The van der Waals surface area contributed by atoms with Crippen LogP contribution < -0.4 is 9.47 Å². The first-order valence-electron chi connectivity index (χ1n) is 8.41. The molecule has 2 heterocycles. The summed E-state index contributed by atoms with van der Waals surface area (Å²) in [6.45, 7) is 5.26.